The predicted molar refractivity (Wildman–Crippen MR) is 272 cm³/mol. The second kappa shape index (κ2) is 38.1. The summed E-state index contributed by atoms with van der Waals surface area (Å²) in [4.78, 5) is 13.1. The number of amides is 1. The summed E-state index contributed by atoms with van der Waals surface area (Å²) < 4.78 is 33.9. The quantitative estimate of drug-likeness (QED) is 0.0315. The molecule has 0 radical (unpaired) electrons. The number of nitrogens with one attached hydrogen (secondary N) is 1. The van der Waals surface area contributed by atoms with E-state index >= 15 is 0 Å². The van der Waals surface area contributed by atoms with E-state index in [4.69, 9.17) is 28.4 Å². The molecule has 3 rings (SSSR count). The molecule has 0 saturated carbocycles. The third kappa shape index (κ3) is 23.3. The zero-order valence-electron chi connectivity index (χ0n) is 43.3. The molecule has 3 aliphatic heterocycles. The van der Waals surface area contributed by atoms with Crippen molar-refractivity contribution in [3.63, 3.8) is 0 Å². The zero-order chi connectivity index (χ0) is 53.4. The van der Waals surface area contributed by atoms with Crippen molar-refractivity contribution < 1.29 is 89.4 Å². The molecular formula is C54H93NO18. The third-order valence-electron chi connectivity index (χ3n) is 13.3. The van der Waals surface area contributed by atoms with Gasteiger partial charge in [0.05, 0.1) is 38.6 Å². The van der Waals surface area contributed by atoms with Gasteiger partial charge in [-0.25, -0.2) is 0 Å². The molecule has 3 heterocycles. The lowest BCUT2D eigenvalue weighted by atomic mass is 9.96. The van der Waals surface area contributed by atoms with Crippen LogP contribution in [0.1, 0.15) is 142 Å². The molecule has 0 aromatic heterocycles. The fourth-order valence-electron chi connectivity index (χ4n) is 8.83. The van der Waals surface area contributed by atoms with Crippen LogP contribution in [0, 0.1) is 0 Å². The first-order valence-corrected chi connectivity index (χ1v) is 27.0. The maximum absolute atomic E-state index is 13.1. The summed E-state index contributed by atoms with van der Waals surface area (Å²) >= 11 is 0. The van der Waals surface area contributed by atoms with Crippen LogP contribution in [0.25, 0.3) is 0 Å². The molecule has 3 fully saturated rings. The summed E-state index contributed by atoms with van der Waals surface area (Å²) in [5.74, 6) is -0.294. The highest BCUT2D eigenvalue weighted by Crippen LogP contribution is 2.33. The number of carbonyl (C=O) groups is 1. The summed E-state index contributed by atoms with van der Waals surface area (Å²) in [7, 11) is 0. The van der Waals surface area contributed by atoms with Crippen molar-refractivity contribution in [1.29, 1.82) is 0 Å². The van der Waals surface area contributed by atoms with Gasteiger partial charge in [0.1, 0.15) is 73.2 Å². The SMILES string of the molecule is CC/C=C\C/C=C\C/C=C\C/C=C\CCCCCCCCCCCCCCC(=O)NC(COC1OC(CO)C(OC2OC(CO)C(OC3OC(CO)C(O)C(O)C3O)C(O)C2O)C(O)C1O)C(O)/C=C/CCC. The molecule has 0 aromatic rings. The van der Waals surface area contributed by atoms with Crippen LogP contribution in [0.2, 0.25) is 0 Å². The lowest BCUT2D eigenvalue weighted by Gasteiger charge is -2.48. The van der Waals surface area contributed by atoms with Crippen LogP contribution < -0.4 is 5.32 Å². The third-order valence-corrected chi connectivity index (χ3v) is 13.3. The average Bonchev–Trinajstić information content (AvgIpc) is 3.38. The zero-order valence-corrected chi connectivity index (χ0v) is 43.3. The molecule has 0 bridgehead atoms. The van der Waals surface area contributed by atoms with Gasteiger partial charge in [0.15, 0.2) is 18.9 Å². The number of rotatable bonds is 37. The highest BCUT2D eigenvalue weighted by molar-refractivity contribution is 5.76. The van der Waals surface area contributed by atoms with Crippen molar-refractivity contribution >= 4 is 5.91 Å². The van der Waals surface area contributed by atoms with E-state index in [2.05, 4.69) is 60.8 Å². The van der Waals surface area contributed by atoms with E-state index in [0.717, 1.165) is 64.2 Å². The van der Waals surface area contributed by atoms with Gasteiger partial charge in [0.25, 0.3) is 0 Å². The smallest absolute Gasteiger partial charge is 0.220 e. The van der Waals surface area contributed by atoms with Gasteiger partial charge in [-0.2, -0.15) is 0 Å². The van der Waals surface area contributed by atoms with Gasteiger partial charge in [0, 0.05) is 6.42 Å². The van der Waals surface area contributed by atoms with Crippen LogP contribution in [0.4, 0.5) is 0 Å². The Morgan fingerprint density at radius 3 is 1.45 bits per heavy atom. The van der Waals surface area contributed by atoms with Crippen molar-refractivity contribution in [2.75, 3.05) is 26.4 Å². The minimum Gasteiger partial charge on any atom is -0.394 e. The first-order chi connectivity index (χ1) is 35.3. The number of ether oxygens (including phenoxy) is 6. The second-order valence-electron chi connectivity index (χ2n) is 19.3. The number of unbranched alkanes of at least 4 members (excludes halogenated alkanes) is 13. The number of hydrogen-bond acceptors (Lipinski definition) is 18. The number of aliphatic hydroxyl groups excluding tert-OH is 11. The summed E-state index contributed by atoms with van der Waals surface area (Å²) in [6.45, 7) is 1.34. The van der Waals surface area contributed by atoms with E-state index in [0.29, 0.717) is 12.8 Å². The van der Waals surface area contributed by atoms with Gasteiger partial charge in [-0.3, -0.25) is 4.79 Å². The van der Waals surface area contributed by atoms with Gasteiger partial charge in [-0.1, -0.05) is 145 Å². The van der Waals surface area contributed by atoms with E-state index in [1.807, 2.05) is 6.92 Å². The van der Waals surface area contributed by atoms with Gasteiger partial charge >= 0.3 is 0 Å². The molecule has 1 amide bonds. The van der Waals surface area contributed by atoms with Crippen molar-refractivity contribution in [2.45, 2.75) is 247 Å². The Morgan fingerprint density at radius 2 is 0.945 bits per heavy atom. The van der Waals surface area contributed by atoms with E-state index < -0.39 is 124 Å². The van der Waals surface area contributed by atoms with Gasteiger partial charge < -0.3 is 89.9 Å². The maximum atomic E-state index is 13.1. The average molecular weight is 1040 g/mol. The van der Waals surface area contributed by atoms with Crippen LogP contribution in [0.5, 0.6) is 0 Å². The fourth-order valence-corrected chi connectivity index (χ4v) is 8.83. The molecule has 3 aliphatic rings. The molecule has 19 nitrogen and oxygen atoms in total. The number of allylic oxidation sites excluding steroid dienone is 9. The summed E-state index contributed by atoms with van der Waals surface area (Å²) in [6.07, 6.45) is 14.9. The van der Waals surface area contributed by atoms with E-state index in [-0.39, 0.29) is 18.9 Å². The Kier molecular flexibility index (Phi) is 33.8. The number of aliphatic hydroxyl groups is 11. The van der Waals surface area contributed by atoms with Gasteiger partial charge in [0.2, 0.25) is 5.91 Å². The van der Waals surface area contributed by atoms with Crippen LogP contribution in [-0.2, 0) is 33.2 Å². The van der Waals surface area contributed by atoms with Crippen LogP contribution >= 0.6 is 0 Å². The van der Waals surface area contributed by atoms with Crippen LogP contribution in [-0.4, -0.2) is 193 Å². The first-order valence-electron chi connectivity index (χ1n) is 27.0. The minimum absolute atomic E-state index is 0.235. The lowest BCUT2D eigenvalue weighted by molar-refractivity contribution is -0.379. The molecule has 422 valence electrons. The molecule has 3 saturated heterocycles. The van der Waals surface area contributed by atoms with Crippen molar-refractivity contribution in [3.05, 3.63) is 60.8 Å². The van der Waals surface area contributed by atoms with Gasteiger partial charge in [-0.05, 0) is 51.4 Å². The highest BCUT2D eigenvalue weighted by Gasteiger charge is 2.53. The topological polar surface area (TPSA) is 307 Å². The van der Waals surface area contributed by atoms with Crippen LogP contribution in [0.3, 0.4) is 0 Å². The molecule has 0 spiro atoms. The largest absolute Gasteiger partial charge is 0.394 e. The minimum atomic E-state index is -1.98. The molecule has 0 aromatic carbocycles. The van der Waals surface area contributed by atoms with E-state index in [9.17, 15) is 61.0 Å². The Labute approximate surface area is 433 Å². The molecule has 19 heteroatoms. The normalized spacial score (nSPS) is 32.2. The Morgan fingerprint density at radius 1 is 0.507 bits per heavy atom. The lowest BCUT2D eigenvalue weighted by Crippen LogP contribution is -2.66. The highest BCUT2D eigenvalue weighted by atomic mass is 16.8. The summed E-state index contributed by atoms with van der Waals surface area (Å²) in [6, 6.07) is -0.971. The number of carbonyl (C=O) groups excluding carboxylic acids is 1. The van der Waals surface area contributed by atoms with Crippen LogP contribution in [0.15, 0.2) is 60.8 Å². The maximum Gasteiger partial charge on any atom is 0.220 e. The van der Waals surface area contributed by atoms with E-state index in [1.165, 1.54) is 44.9 Å². The Hall–Kier alpha value is -2.51. The standard InChI is InChI=1S/C54H93NO18/c1-3-5-7-8-9-10-11-12-13-14-15-16-17-18-19-20-21-22-23-24-25-26-27-28-30-32-42(60)55-37(38(59)31-29-6-4-2)36-68-52-48(66)45(63)50(40(34-57)70-52)73-54-49(67)46(64)51(41(35-58)71-54)72-53-47(65)44(62)43(61)39(33-56)69-53/h5,7,9-10,12-13,15-16,29,31,37-41,43-54,56-59,61-67H,3-4,6,8,11,14,17-28,30,32-36H2,1-2H3,(H,55,60)/b7-5-,10-9-,13-12-,16-15-,31-29+. The molecule has 73 heavy (non-hydrogen) atoms. The molecular weight excluding hydrogens is 951 g/mol. The predicted octanol–water partition coefficient (Wildman–Crippen LogP) is 2.92. The first kappa shape index (κ1) is 64.8. The molecule has 0 aliphatic carbocycles. The Bertz CT molecular complexity index is 1580. The molecule has 17 unspecified atom stereocenters. The summed E-state index contributed by atoms with van der Waals surface area (Å²) in [5.41, 5.74) is 0. The monoisotopic (exact) mass is 1040 g/mol. The fraction of sp³-hybridized carbons (Fsp3) is 0.796. The molecule has 17 atom stereocenters. The van der Waals surface area contributed by atoms with Gasteiger partial charge in [-0.15, -0.1) is 0 Å². The van der Waals surface area contributed by atoms with Crippen molar-refractivity contribution in [1.82, 2.24) is 5.32 Å². The van der Waals surface area contributed by atoms with Crippen molar-refractivity contribution in [2.24, 2.45) is 0 Å². The Balaban J connectivity index is 1.36. The molecule has 12 N–H and O–H groups in total. The second-order valence-corrected chi connectivity index (χ2v) is 19.3. The summed E-state index contributed by atoms with van der Waals surface area (Å²) in [5, 5.41) is 119. The van der Waals surface area contributed by atoms with Crippen molar-refractivity contribution in [3.8, 4) is 0 Å². The van der Waals surface area contributed by atoms with E-state index in [1.54, 1.807) is 12.2 Å². The number of hydrogen-bond donors (Lipinski definition) is 12.